The van der Waals surface area contributed by atoms with Gasteiger partial charge in [-0.15, -0.1) is 0 Å². The fourth-order valence-corrected chi connectivity index (χ4v) is 2.45. The van der Waals surface area contributed by atoms with E-state index in [9.17, 15) is 9.59 Å². The van der Waals surface area contributed by atoms with Gasteiger partial charge in [-0.1, -0.05) is 22.9 Å². The number of carbonyl (C=O) groups excluding carboxylic acids is 2. The second-order valence-corrected chi connectivity index (χ2v) is 5.80. The number of nitrogens with zero attached hydrogens (tertiary/aromatic N) is 1. The normalized spacial score (nSPS) is 18.4. The molecule has 1 heterocycles. The average Bonchev–Trinajstić information content (AvgIpc) is 2.52. The van der Waals surface area contributed by atoms with E-state index in [1.54, 1.807) is 17.0 Å². The maximum atomic E-state index is 12.6. The summed E-state index contributed by atoms with van der Waals surface area (Å²) in [5.41, 5.74) is 0.577. The van der Waals surface area contributed by atoms with Crippen molar-refractivity contribution in [1.29, 1.82) is 0 Å². The predicted molar refractivity (Wildman–Crippen MR) is 83.1 cm³/mol. The third kappa shape index (κ3) is 4.04. The second-order valence-electron chi connectivity index (χ2n) is 4.89. The largest absolute Gasteiger partial charge is 0.377 e. The summed E-state index contributed by atoms with van der Waals surface area (Å²) in [5, 5.41) is 2.83. The third-order valence-corrected chi connectivity index (χ3v) is 3.86. The van der Waals surface area contributed by atoms with E-state index in [2.05, 4.69) is 21.2 Å². The monoisotopic (exact) mass is 354 g/mol. The molecule has 1 saturated heterocycles. The summed E-state index contributed by atoms with van der Waals surface area (Å²) in [7, 11) is 0. The van der Waals surface area contributed by atoms with E-state index >= 15 is 0 Å². The second kappa shape index (κ2) is 7.56. The molecule has 0 saturated carbocycles. The Morgan fingerprint density at radius 3 is 2.76 bits per heavy atom. The average molecular weight is 355 g/mol. The summed E-state index contributed by atoms with van der Waals surface area (Å²) < 4.78 is 6.27. The first-order valence-electron chi connectivity index (χ1n) is 7.05. The molecule has 1 N–H and O–H groups in total. The number of nitrogens with one attached hydrogen (secondary N) is 1. The predicted octanol–water partition coefficient (Wildman–Crippen LogP) is 1.82. The first-order valence-corrected chi connectivity index (χ1v) is 7.84. The van der Waals surface area contributed by atoms with E-state index in [1.165, 1.54) is 0 Å². The summed E-state index contributed by atoms with van der Waals surface area (Å²) in [6, 6.07) is 6.59. The van der Waals surface area contributed by atoms with Crippen LogP contribution in [-0.2, 0) is 9.53 Å². The first kappa shape index (κ1) is 16.0. The molecule has 2 rings (SSSR count). The van der Waals surface area contributed by atoms with E-state index in [0.29, 0.717) is 25.3 Å². The van der Waals surface area contributed by atoms with Crippen LogP contribution in [0, 0.1) is 0 Å². The molecule has 0 radical (unpaired) electrons. The number of hydrogen-bond acceptors (Lipinski definition) is 3. The number of halogens is 1. The molecule has 1 aliphatic rings. The van der Waals surface area contributed by atoms with Crippen LogP contribution in [-0.4, -0.2) is 49.1 Å². The van der Waals surface area contributed by atoms with E-state index in [0.717, 1.165) is 10.9 Å². The molecule has 21 heavy (non-hydrogen) atoms. The van der Waals surface area contributed by atoms with Crippen molar-refractivity contribution in [2.45, 2.75) is 19.4 Å². The standard InChI is InChI=1S/C15H19BrN2O3/c1-2-7-17-14(19)13-10-21-9-8-18(13)15(20)11-3-5-12(16)6-4-11/h3-6,13H,2,7-10H2,1H3,(H,17,19). The zero-order valence-electron chi connectivity index (χ0n) is 12.0. The molecule has 0 aliphatic carbocycles. The molecule has 2 amide bonds. The molecule has 1 fully saturated rings. The van der Waals surface area contributed by atoms with Crippen molar-refractivity contribution in [2.75, 3.05) is 26.3 Å². The lowest BCUT2D eigenvalue weighted by molar-refractivity contribution is -0.130. The number of carbonyl (C=O) groups is 2. The molecule has 0 spiro atoms. The topological polar surface area (TPSA) is 58.6 Å². The number of amides is 2. The summed E-state index contributed by atoms with van der Waals surface area (Å²) >= 11 is 3.35. The zero-order chi connectivity index (χ0) is 15.2. The fourth-order valence-electron chi connectivity index (χ4n) is 2.19. The quantitative estimate of drug-likeness (QED) is 0.896. The van der Waals surface area contributed by atoms with Gasteiger partial charge in [0.25, 0.3) is 5.91 Å². The van der Waals surface area contributed by atoms with Crippen LogP contribution in [0.4, 0.5) is 0 Å². The smallest absolute Gasteiger partial charge is 0.254 e. The van der Waals surface area contributed by atoms with E-state index in [-0.39, 0.29) is 18.4 Å². The number of morpholine rings is 1. The first-order chi connectivity index (χ1) is 10.1. The van der Waals surface area contributed by atoms with Gasteiger partial charge in [0, 0.05) is 23.1 Å². The van der Waals surface area contributed by atoms with E-state index in [4.69, 9.17) is 4.74 Å². The Bertz CT molecular complexity index is 504. The van der Waals surface area contributed by atoms with Crippen molar-refractivity contribution >= 4 is 27.7 Å². The Morgan fingerprint density at radius 2 is 2.10 bits per heavy atom. The number of benzene rings is 1. The maximum absolute atomic E-state index is 12.6. The van der Waals surface area contributed by atoms with Crippen molar-refractivity contribution in [3.8, 4) is 0 Å². The fraction of sp³-hybridized carbons (Fsp3) is 0.467. The maximum Gasteiger partial charge on any atom is 0.254 e. The van der Waals surface area contributed by atoms with Crippen LogP contribution in [0.1, 0.15) is 23.7 Å². The molecule has 1 aromatic rings. The molecular weight excluding hydrogens is 336 g/mol. The van der Waals surface area contributed by atoms with Gasteiger partial charge in [0.1, 0.15) is 6.04 Å². The molecule has 0 bridgehead atoms. The molecule has 1 aliphatic heterocycles. The minimum absolute atomic E-state index is 0.137. The molecule has 1 unspecified atom stereocenters. The number of ether oxygens (including phenoxy) is 1. The molecular formula is C15H19BrN2O3. The van der Waals surface area contributed by atoms with Crippen molar-refractivity contribution in [3.05, 3.63) is 34.3 Å². The van der Waals surface area contributed by atoms with Gasteiger partial charge in [-0.3, -0.25) is 9.59 Å². The molecule has 114 valence electrons. The SMILES string of the molecule is CCCNC(=O)C1COCCN1C(=O)c1ccc(Br)cc1. The van der Waals surface area contributed by atoms with Gasteiger partial charge in [-0.05, 0) is 30.7 Å². The minimum Gasteiger partial charge on any atom is -0.377 e. The van der Waals surface area contributed by atoms with Crippen LogP contribution in [0.15, 0.2) is 28.7 Å². The van der Waals surface area contributed by atoms with Gasteiger partial charge in [0.05, 0.1) is 13.2 Å². The summed E-state index contributed by atoms with van der Waals surface area (Å²) in [5.74, 6) is -0.288. The summed E-state index contributed by atoms with van der Waals surface area (Å²) in [4.78, 5) is 26.3. The minimum atomic E-state index is -0.554. The highest BCUT2D eigenvalue weighted by Gasteiger charge is 2.33. The number of hydrogen-bond donors (Lipinski definition) is 1. The Morgan fingerprint density at radius 1 is 1.38 bits per heavy atom. The van der Waals surface area contributed by atoms with Crippen LogP contribution in [0.2, 0.25) is 0 Å². The lowest BCUT2D eigenvalue weighted by Crippen LogP contribution is -2.56. The zero-order valence-corrected chi connectivity index (χ0v) is 13.6. The van der Waals surface area contributed by atoms with Crippen molar-refractivity contribution in [3.63, 3.8) is 0 Å². The molecule has 5 nitrogen and oxygen atoms in total. The van der Waals surface area contributed by atoms with E-state index < -0.39 is 6.04 Å². The third-order valence-electron chi connectivity index (χ3n) is 3.33. The number of rotatable bonds is 4. The van der Waals surface area contributed by atoms with Crippen LogP contribution < -0.4 is 5.32 Å². The molecule has 1 atom stereocenters. The van der Waals surface area contributed by atoms with Gasteiger partial charge in [-0.2, -0.15) is 0 Å². The van der Waals surface area contributed by atoms with Gasteiger partial charge < -0.3 is 15.0 Å². The highest BCUT2D eigenvalue weighted by atomic mass is 79.9. The van der Waals surface area contributed by atoms with Crippen molar-refractivity contribution in [1.82, 2.24) is 10.2 Å². The van der Waals surface area contributed by atoms with Gasteiger partial charge in [-0.25, -0.2) is 0 Å². The van der Waals surface area contributed by atoms with Crippen molar-refractivity contribution in [2.24, 2.45) is 0 Å². The highest BCUT2D eigenvalue weighted by molar-refractivity contribution is 9.10. The Kier molecular flexibility index (Phi) is 5.76. The Labute approximate surface area is 132 Å². The molecule has 0 aromatic heterocycles. The summed E-state index contributed by atoms with van der Waals surface area (Å²) in [6.45, 7) is 3.73. The Balaban J connectivity index is 2.12. The molecule has 6 heteroatoms. The lowest BCUT2D eigenvalue weighted by atomic mass is 10.1. The molecule has 1 aromatic carbocycles. The van der Waals surface area contributed by atoms with Crippen LogP contribution in [0.5, 0.6) is 0 Å². The van der Waals surface area contributed by atoms with Gasteiger partial charge >= 0.3 is 0 Å². The lowest BCUT2D eigenvalue weighted by Gasteiger charge is -2.34. The van der Waals surface area contributed by atoms with Gasteiger partial charge in [0.2, 0.25) is 5.91 Å². The van der Waals surface area contributed by atoms with Crippen LogP contribution in [0.3, 0.4) is 0 Å². The van der Waals surface area contributed by atoms with Crippen molar-refractivity contribution < 1.29 is 14.3 Å². The van der Waals surface area contributed by atoms with E-state index in [1.807, 2.05) is 19.1 Å². The Hall–Kier alpha value is -1.40. The summed E-state index contributed by atoms with van der Waals surface area (Å²) in [6.07, 6.45) is 0.861. The van der Waals surface area contributed by atoms with Gasteiger partial charge in [0.15, 0.2) is 0 Å². The highest BCUT2D eigenvalue weighted by Crippen LogP contribution is 2.16. The van der Waals surface area contributed by atoms with Crippen LogP contribution >= 0.6 is 15.9 Å². The van der Waals surface area contributed by atoms with Crippen LogP contribution in [0.25, 0.3) is 0 Å².